The van der Waals surface area contributed by atoms with E-state index in [1.54, 1.807) is 0 Å². The summed E-state index contributed by atoms with van der Waals surface area (Å²) in [6.07, 6.45) is 10.3. The van der Waals surface area contributed by atoms with E-state index in [0.717, 1.165) is 35.8 Å². The molecule has 6 atom stereocenters. The monoisotopic (exact) mass is 409 g/mol. The molecule has 4 rings (SSSR count). The molecule has 0 aliphatic heterocycles. The van der Waals surface area contributed by atoms with Crippen molar-refractivity contribution in [2.45, 2.75) is 92.9 Å². The second kappa shape index (κ2) is 7.99. The molecule has 0 spiro atoms. The second-order valence-electron chi connectivity index (χ2n) is 11.8. The van der Waals surface area contributed by atoms with Gasteiger partial charge >= 0.3 is 0 Å². The minimum absolute atomic E-state index is 0.248. The summed E-state index contributed by atoms with van der Waals surface area (Å²) in [5.74, 6) is 4.21. The highest BCUT2D eigenvalue weighted by Crippen LogP contribution is 2.64. The summed E-state index contributed by atoms with van der Waals surface area (Å²) in [6, 6.07) is 6.29. The molecule has 2 heteroatoms. The highest BCUT2D eigenvalue weighted by atomic mass is 16.2. The zero-order valence-electron chi connectivity index (χ0n) is 20.2. The molecule has 0 bridgehead atoms. The standard InChI is InChI=1S/C28H43NO/c1-18(2)21-11-13-23-22(17-21)12-14-24-27(23,5)15-8-16-28(24,6)26(30)29-25-19(3)9-7-10-20(25)4/h7,9-10,18,21-24H,8,11-17H2,1-6H3,(H,29,30)/t21?,22?,23?,24?,27?,28-/m1/s1. The summed E-state index contributed by atoms with van der Waals surface area (Å²) < 4.78 is 0. The van der Waals surface area contributed by atoms with Crippen LogP contribution in [-0.2, 0) is 4.79 Å². The summed E-state index contributed by atoms with van der Waals surface area (Å²) >= 11 is 0. The zero-order chi connectivity index (χ0) is 21.7. The molecule has 3 fully saturated rings. The Bertz CT molecular complexity index is 778. The molecule has 166 valence electrons. The number of hydrogen-bond donors (Lipinski definition) is 1. The van der Waals surface area contributed by atoms with Crippen LogP contribution in [0.15, 0.2) is 18.2 Å². The minimum atomic E-state index is -0.248. The number of carbonyl (C=O) groups excluding carboxylic acids is 1. The van der Waals surface area contributed by atoms with Crippen molar-refractivity contribution in [2.75, 3.05) is 5.32 Å². The molecule has 0 saturated heterocycles. The largest absolute Gasteiger partial charge is 0.325 e. The van der Waals surface area contributed by atoms with Gasteiger partial charge in [0, 0.05) is 5.69 Å². The molecule has 1 N–H and O–H groups in total. The number of amides is 1. The number of rotatable bonds is 3. The summed E-state index contributed by atoms with van der Waals surface area (Å²) in [4.78, 5) is 13.8. The molecule has 1 amide bonds. The molecular weight excluding hydrogens is 366 g/mol. The molecule has 5 unspecified atom stereocenters. The van der Waals surface area contributed by atoms with Gasteiger partial charge in [0.1, 0.15) is 0 Å². The van der Waals surface area contributed by atoms with Crippen molar-refractivity contribution in [1.29, 1.82) is 0 Å². The lowest BCUT2D eigenvalue weighted by Crippen LogP contribution is -2.57. The zero-order valence-corrected chi connectivity index (χ0v) is 20.2. The predicted octanol–water partition coefficient (Wildman–Crippen LogP) is 7.54. The molecule has 2 nitrogen and oxygen atoms in total. The quantitative estimate of drug-likeness (QED) is 0.549. The van der Waals surface area contributed by atoms with Crippen molar-refractivity contribution >= 4 is 11.6 Å². The first kappa shape index (κ1) is 21.9. The van der Waals surface area contributed by atoms with Crippen molar-refractivity contribution in [3.63, 3.8) is 0 Å². The van der Waals surface area contributed by atoms with Gasteiger partial charge in [-0.3, -0.25) is 4.79 Å². The van der Waals surface area contributed by atoms with Gasteiger partial charge in [0.05, 0.1) is 5.41 Å². The van der Waals surface area contributed by atoms with E-state index in [1.165, 1.54) is 56.1 Å². The summed E-state index contributed by atoms with van der Waals surface area (Å²) in [5.41, 5.74) is 3.45. The first-order valence-electron chi connectivity index (χ1n) is 12.5. The van der Waals surface area contributed by atoms with E-state index in [9.17, 15) is 4.79 Å². The molecule has 1 aromatic rings. The minimum Gasteiger partial charge on any atom is -0.325 e. The van der Waals surface area contributed by atoms with E-state index >= 15 is 0 Å². The lowest BCUT2D eigenvalue weighted by atomic mass is 9.43. The van der Waals surface area contributed by atoms with Crippen molar-refractivity contribution in [2.24, 2.45) is 40.4 Å². The van der Waals surface area contributed by atoms with Crippen molar-refractivity contribution in [3.8, 4) is 0 Å². The van der Waals surface area contributed by atoms with Crippen LogP contribution >= 0.6 is 0 Å². The first-order valence-corrected chi connectivity index (χ1v) is 12.5. The Kier molecular flexibility index (Phi) is 5.83. The van der Waals surface area contributed by atoms with Crippen LogP contribution in [0, 0.1) is 54.3 Å². The molecule has 3 aliphatic carbocycles. The smallest absolute Gasteiger partial charge is 0.230 e. The normalized spacial score (nSPS) is 38.6. The Balaban J connectivity index is 1.58. The van der Waals surface area contributed by atoms with Gasteiger partial charge in [0.2, 0.25) is 5.91 Å². The third kappa shape index (κ3) is 3.53. The van der Waals surface area contributed by atoms with Crippen LogP contribution in [0.4, 0.5) is 5.69 Å². The van der Waals surface area contributed by atoms with Gasteiger partial charge in [-0.05, 0) is 105 Å². The molecule has 0 heterocycles. The fourth-order valence-electron chi connectivity index (χ4n) is 8.02. The Morgan fingerprint density at radius 3 is 2.40 bits per heavy atom. The van der Waals surface area contributed by atoms with Crippen LogP contribution in [0.25, 0.3) is 0 Å². The fraction of sp³-hybridized carbons (Fsp3) is 0.750. The first-order chi connectivity index (χ1) is 14.2. The number of para-hydroxylation sites is 1. The van der Waals surface area contributed by atoms with E-state index in [2.05, 4.69) is 65.1 Å². The number of benzene rings is 1. The molecule has 1 aromatic carbocycles. The SMILES string of the molecule is Cc1cccc(C)c1NC(=O)[C@]1(C)CCCC2(C)C3CCC(C(C)C)CC3CCC21. The number of aryl methyl sites for hydroxylation is 2. The van der Waals surface area contributed by atoms with Crippen LogP contribution < -0.4 is 5.32 Å². The summed E-state index contributed by atoms with van der Waals surface area (Å²) in [6.45, 7) is 13.9. The molecular formula is C28H43NO. The van der Waals surface area contributed by atoms with Crippen molar-refractivity contribution in [1.82, 2.24) is 0 Å². The van der Waals surface area contributed by atoms with Crippen LogP contribution in [0.3, 0.4) is 0 Å². The van der Waals surface area contributed by atoms with Gasteiger partial charge in [0.25, 0.3) is 0 Å². The van der Waals surface area contributed by atoms with Crippen molar-refractivity contribution in [3.05, 3.63) is 29.3 Å². The molecule has 30 heavy (non-hydrogen) atoms. The highest BCUT2D eigenvalue weighted by molar-refractivity contribution is 5.96. The maximum Gasteiger partial charge on any atom is 0.230 e. The van der Waals surface area contributed by atoms with Crippen LogP contribution in [-0.4, -0.2) is 5.91 Å². The lowest BCUT2D eigenvalue weighted by molar-refractivity contribution is -0.152. The van der Waals surface area contributed by atoms with Crippen LogP contribution in [0.2, 0.25) is 0 Å². The topological polar surface area (TPSA) is 29.1 Å². The molecule has 3 saturated carbocycles. The maximum atomic E-state index is 13.8. The Hall–Kier alpha value is -1.31. The van der Waals surface area contributed by atoms with E-state index in [4.69, 9.17) is 0 Å². The molecule has 0 aromatic heterocycles. The van der Waals surface area contributed by atoms with E-state index in [1.807, 2.05) is 0 Å². The van der Waals surface area contributed by atoms with Crippen molar-refractivity contribution < 1.29 is 4.79 Å². The number of carbonyl (C=O) groups is 1. The van der Waals surface area contributed by atoms with Crippen LogP contribution in [0.1, 0.15) is 90.2 Å². The van der Waals surface area contributed by atoms with Gasteiger partial charge in [-0.25, -0.2) is 0 Å². The van der Waals surface area contributed by atoms with Gasteiger partial charge in [-0.15, -0.1) is 0 Å². The summed E-state index contributed by atoms with van der Waals surface area (Å²) in [5, 5.41) is 3.39. The third-order valence-corrected chi connectivity index (χ3v) is 9.85. The highest BCUT2D eigenvalue weighted by Gasteiger charge is 2.59. The average Bonchev–Trinajstić information content (AvgIpc) is 2.70. The van der Waals surface area contributed by atoms with E-state index in [-0.39, 0.29) is 11.3 Å². The number of anilines is 1. The van der Waals surface area contributed by atoms with Crippen LogP contribution in [0.5, 0.6) is 0 Å². The number of fused-ring (bicyclic) bond motifs is 3. The average molecular weight is 410 g/mol. The fourth-order valence-corrected chi connectivity index (χ4v) is 8.02. The Morgan fingerprint density at radius 2 is 1.73 bits per heavy atom. The van der Waals surface area contributed by atoms with E-state index < -0.39 is 0 Å². The van der Waals surface area contributed by atoms with Gasteiger partial charge < -0.3 is 5.32 Å². The van der Waals surface area contributed by atoms with Gasteiger partial charge in [0.15, 0.2) is 0 Å². The maximum absolute atomic E-state index is 13.8. The third-order valence-electron chi connectivity index (χ3n) is 9.85. The Morgan fingerprint density at radius 1 is 1.03 bits per heavy atom. The van der Waals surface area contributed by atoms with Gasteiger partial charge in [-0.1, -0.05) is 52.3 Å². The predicted molar refractivity (Wildman–Crippen MR) is 126 cm³/mol. The second-order valence-corrected chi connectivity index (χ2v) is 11.8. The number of hydrogen-bond acceptors (Lipinski definition) is 1. The molecule has 3 aliphatic rings. The summed E-state index contributed by atoms with van der Waals surface area (Å²) in [7, 11) is 0. The lowest BCUT2D eigenvalue weighted by Gasteiger charge is -2.61. The Labute approximate surface area is 184 Å². The number of nitrogens with one attached hydrogen (secondary N) is 1. The molecule has 0 radical (unpaired) electrons. The van der Waals surface area contributed by atoms with E-state index in [0.29, 0.717) is 11.3 Å². The van der Waals surface area contributed by atoms with Gasteiger partial charge in [-0.2, -0.15) is 0 Å².